The van der Waals surface area contributed by atoms with E-state index in [2.05, 4.69) is 10.3 Å². The number of hydrogen-bond acceptors (Lipinski definition) is 4. The second kappa shape index (κ2) is 5.19. The Morgan fingerprint density at radius 2 is 2.27 bits per heavy atom. The molecule has 1 aromatic heterocycles. The van der Waals surface area contributed by atoms with Gasteiger partial charge in [-0.15, -0.1) is 0 Å². The van der Waals surface area contributed by atoms with Crippen LogP contribution in [0.5, 0.6) is 0 Å². The first-order valence-electron chi connectivity index (χ1n) is 5.03. The summed E-state index contributed by atoms with van der Waals surface area (Å²) in [6.07, 6.45) is 1.12. The van der Waals surface area contributed by atoms with Gasteiger partial charge >= 0.3 is 0 Å². The zero-order chi connectivity index (χ0) is 10.5. The lowest BCUT2D eigenvalue weighted by Gasteiger charge is -1.95. The van der Waals surface area contributed by atoms with Crippen LogP contribution in [0, 0.1) is 0 Å². The van der Waals surface area contributed by atoms with Crippen molar-refractivity contribution in [2.45, 2.75) is 11.6 Å². The van der Waals surface area contributed by atoms with E-state index >= 15 is 0 Å². The number of rotatable bonds is 5. The molecule has 3 nitrogen and oxygen atoms in total. The molecular formula is C11H14N2OS. The van der Waals surface area contributed by atoms with Crippen molar-refractivity contribution in [3.8, 4) is 0 Å². The van der Waals surface area contributed by atoms with Gasteiger partial charge in [0.2, 0.25) is 0 Å². The third-order valence-electron chi connectivity index (χ3n) is 2.07. The highest BCUT2D eigenvalue weighted by Gasteiger charge is 2.04. The molecule has 0 saturated carbocycles. The van der Waals surface area contributed by atoms with E-state index in [0.717, 1.165) is 35.0 Å². The monoisotopic (exact) mass is 222 g/mol. The summed E-state index contributed by atoms with van der Waals surface area (Å²) in [5, 5.41) is 3.89. The minimum absolute atomic E-state index is 0.771. The van der Waals surface area contributed by atoms with Crippen molar-refractivity contribution in [2.75, 3.05) is 19.3 Å². The third-order valence-corrected chi connectivity index (χ3v) is 2.99. The average molecular weight is 222 g/mol. The van der Waals surface area contributed by atoms with Crippen molar-refractivity contribution in [3.05, 3.63) is 24.3 Å². The maximum Gasteiger partial charge on any atom is 0.256 e. The highest BCUT2D eigenvalue weighted by atomic mass is 32.2. The standard InChI is InChI=1S/C11H14N2OS/c1-12-7-4-8-15-11-13-9-5-2-3-6-10(9)14-11/h2-3,5-6,12H,4,7-8H2,1H3. The molecule has 0 aliphatic rings. The van der Waals surface area contributed by atoms with E-state index in [9.17, 15) is 0 Å². The number of aromatic nitrogens is 1. The Morgan fingerprint density at radius 1 is 1.40 bits per heavy atom. The molecule has 2 rings (SSSR count). The Labute approximate surface area is 93.3 Å². The maximum atomic E-state index is 5.58. The number of thioether (sulfide) groups is 1. The number of fused-ring (bicyclic) bond motifs is 1. The van der Waals surface area contributed by atoms with Crippen molar-refractivity contribution < 1.29 is 4.42 Å². The van der Waals surface area contributed by atoms with Crippen LogP contribution in [0.25, 0.3) is 11.1 Å². The molecule has 1 heterocycles. The summed E-state index contributed by atoms with van der Waals surface area (Å²) in [7, 11) is 1.96. The lowest BCUT2D eigenvalue weighted by Crippen LogP contribution is -2.07. The molecule has 0 radical (unpaired) electrons. The van der Waals surface area contributed by atoms with E-state index in [1.54, 1.807) is 11.8 Å². The van der Waals surface area contributed by atoms with Crippen LogP contribution in [0.3, 0.4) is 0 Å². The fourth-order valence-corrected chi connectivity index (χ4v) is 2.10. The fraction of sp³-hybridized carbons (Fsp3) is 0.364. The molecule has 4 heteroatoms. The van der Waals surface area contributed by atoms with Crippen molar-refractivity contribution in [2.24, 2.45) is 0 Å². The minimum atomic E-state index is 0.771. The molecule has 0 saturated heterocycles. The molecule has 1 N–H and O–H groups in total. The number of hydrogen-bond donors (Lipinski definition) is 1. The van der Waals surface area contributed by atoms with Gasteiger partial charge in [0.25, 0.3) is 5.22 Å². The summed E-state index contributed by atoms with van der Waals surface area (Å²) >= 11 is 1.67. The summed E-state index contributed by atoms with van der Waals surface area (Å²) in [6, 6.07) is 7.85. The SMILES string of the molecule is CNCCCSc1nc2ccccc2o1. The van der Waals surface area contributed by atoms with Crippen LogP contribution in [-0.2, 0) is 0 Å². The predicted molar refractivity (Wildman–Crippen MR) is 63.3 cm³/mol. The average Bonchev–Trinajstić information content (AvgIpc) is 2.67. The highest BCUT2D eigenvalue weighted by molar-refractivity contribution is 7.99. The number of oxazole rings is 1. The maximum absolute atomic E-state index is 5.58. The second-order valence-corrected chi connectivity index (χ2v) is 4.30. The first-order chi connectivity index (χ1) is 7.40. The molecule has 0 spiro atoms. The van der Waals surface area contributed by atoms with Gasteiger partial charge in [-0.1, -0.05) is 23.9 Å². The van der Waals surface area contributed by atoms with Crippen molar-refractivity contribution >= 4 is 22.9 Å². The molecule has 2 aromatic rings. The summed E-state index contributed by atoms with van der Waals surface area (Å²) in [5.41, 5.74) is 1.81. The summed E-state index contributed by atoms with van der Waals surface area (Å²) in [5.74, 6) is 1.04. The van der Waals surface area contributed by atoms with Crippen molar-refractivity contribution in [1.82, 2.24) is 10.3 Å². The minimum Gasteiger partial charge on any atom is -0.431 e. The molecule has 1 aromatic carbocycles. The number of benzene rings is 1. The van der Waals surface area contributed by atoms with Crippen LogP contribution in [0.15, 0.2) is 33.9 Å². The molecule has 15 heavy (non-hydrogen) atoms. The largest absolute Gasteiger partial charge is 0.431 e. The predicted octanol–water partition coefficient (Wildman–Crippen LogP) is 2.53. The van der Waals surface area contributed by atoms with E-state index < -0.39 is 0 Å². The molecule has 0 amide bonds. The van der Waals surface area contributed by atoms with E-state index in [4.69, 9.17) is 4.42 Å². The van der Waals surface area contributed by atoms with Crippen LogP contribution >= 0.6 is 11.8 Å². The Hall–Kier alpha value is -1.00. The van der Waals surface area contributed by atoms with Gasteiger partial charge in [-0.3, -0.25) is 0 Å². The first-order valence-corrected chi connectivity index (χ1v) is 6.01. The summed E-state index contributed by atoms with van der Waals surface area (Å²) in [4.78, 5) is 4.39. The van der Waals surface area contributed by atoms with E-state index in [-0.39, 0.29) is 0 Å². The normalized spacial score (nSPS) is 11.0. The van der Waals surface area contributed by atoms with Crippen molar-refractivity contribution in [1.29, 1.82) is 0 Å². The Morgan fingerprint density at radius 3 is 3.07 bits per heavy atom. The van der Waals surface area contributed by atoms with Crippen LogP contribution in [0.2, 0.25) is 0 Å². The molecular weight excluding hydrogens is 208 g/mol. The van der Waals surface area contributed by atoms with Gasteiger partial charge in [-0.05, 0) is 32.1 Å². The highest BCUT2D eigenvalue weighted by Crippen LogP contribution is 2.23. The molecule has 0 unspecified atom stereocenters. The molecule has 0 bridgehead atoms. The van der Waals surface area contributed by atoms with Crippen LogP contribution in [0.1, 0.15) is 6.42 Å². The number of para-hydroxylation sites is 2. The van der Waals surface area contributed by atoms with Crippen LogP contribution in [-0.4, -0.2) is 24.3 Å². The molecule has 0 aliphatic heterocycles. The Bertz CT molecular complexity index is 394. The zero-order valence-corrected chi connectivity index (χ0v) is 9.51. The lowest BCUT2D eigenvalue weighted by molar-refractivity contribution is 0.489. The van der Waals surface area contributed by atoms with Gasteiger partial charge in [0.05, 0.1) is 0 Å². The smallest absolute Gasteiger partial charge is 0.256 e. The third kappa shape index (κ3) is 2.73. The molecule has 0 fully saturated rings. The summed E-state index contributed by atoms with van der Waals surface area (Å²) < 4.78 is 5.58. The lowest BCUT2D eigenvalue weighted by atomic mass is 10.3. The molecule has 80 valence electrons. The molecule has 0 atom stereocenters. The Kier molecular flexibility index (Phi) is 3.64. The van der Waals surface area contributed by atoms with Gasteiger partial charge in [0.15, 0.2) is 5.58 Å². The van der Waals surface area contributed by atoms with Gasteiger partial charge in [-0.25, -0.2) is 4.98 Å². The van der Waals surface area contributed by atoms with Gasteiger partial charge in [0, 0.05) is 5.75 Å². The fourth-order valence-electron chi connectivity index (χ4n) is 1.32. The first kappa shape index (κ1) is 10.5. The van der Waals surface area contributed by atoms with Crippen LogP contribution < -0.4 is 5.32 Å². The van der Waals surface area contributed by atoms with E-state index in [0.29, 0.717) is 0 Å². The van der Waals surface area contributed by atoms with Crippen molar-refractivity contribution in [3.63, 3.8) is 0 Å². The zero-order valence-electron chi connectivity index (χ0n) is 8.69. The topological polar surface area (TPSA) is 38.1 Å². The van der Waals surface area contributed by atoms with Crippen LogP contribution in [0.4, 0.5) is 0 Å². The van der Waals surface area contributed by atoms with E-state index in [1.807, 2.05) is 31.3 Å². The quantitative estimate of drug-likeness (QED) is 0.623. The van der Waals surface area contributed by atoms with Gasteiger partial charge < -0.3 is 9.73 Å². The molecule has 0 aliphatic carbocycles. The second-order valence-electron chi connectivity index (χ2n) is 3.25. The number of nitrogens with one attached hydrogen (secondary N) is 1. The summed E-state index contributed by atoms with van der Waals surface area (Å²) in [6.45, 7) is 1.03. The van der Waals surface area contributed by atoms with Gasteiger partial charge in [-0.2, -0.15) is 0 Å². The van der Waals surface area contributed by atoms with E-state index in [1.165, 1.54) is 0 Å². The Balaban J connectivity index is 1.97. The van der Waals surface area contributed by atoms with Gasteiger partial charge in [0.1, 0.15) is 5.52 Å². The number of nitrogens with zero attached hydrogens (tertiary/aromatic N) is 1.